The highest BCUT2D eigenvalue weighted by atomic mass is 15.1. The molecule has 0 saturated heterocycles. The van der Waals surface area contributed by atoms with Crippen LogP contribution in [0.5, 0.6) is 0 Å². The van der Waals surface area contributed by atoms with Crippen LogP contribution in [0.3, 0.4) is 0 Å². The fourth-order valence-corrected chi connectivity index (χ4v) is 1.77. The van der Waals surface area contributed by atoms with Gasteiger partial charge in [0.25, 0.3) is 0 Å². The average Bonchev–Trinajstić information content (AvgIpc) is 2.12. The number of hydrogen-bond acceptors (Lipinski definition) is 2. The maximum absolute atomic E-state index is 5.71. The zero-order valence-electron chi connectivity index (χ0n) is 10.3. The number of unbranched alkanes of at least 4 members (excludes halogenated alkanes) is 1. The van der Waals surface area contributed by atoms with Gasteiger partial charge in [-0.2, -0.15) is 0 Å². The molecule has 0 radical (unpaired) electrons. The van der Waals surface area contributed by atoms with Gasteiger partial charge in [-0.05, 0) is 52.2 Å². The molecule has 2 heteroatoms. The summed E-state index contributed by atoms with van der Waals surface area (Å²) in [5.74, 6) is 0. The minimum Gasteiger partial charge on any atom is -0.328 e. The van der Waals surface area contributed by atoms with Gasteiger partial charge in [0.15, 0.2) is 0 Å². The molecule has 0 aromatic rings. The van der Waals surface area contributed by atoms with Gasteiger partial charge in [0.05, 0.1) is 0 Å². The minimum atomic E-state index is 0.376. The Morgan fingerprint density at radius 1 is 1.00 bits per heavy atom. The summed E-state index contributed by atoms with van der Waals surface area (Å²) in [5, 5.41) is 0. The smallest absolute Gasteiger partial charge is 0.00104 e. The van der Waals surface area contributed by atoms with E-state index in [-0.39, 0.29) is 0 Å². The summed E-state index contributed by atoms with van der Waals surface area (Å²) in [6, 6.07) is 0.376. The fraction of sp³-hybridized carbons (Fsp3) is 1.00. The lowest BCUT2D eigenvalue weighted by Crippen LogP contribution is -2.26. The fourth-order valence-electron chi connectivity index (χ4n) is 1.77. The van der Waals surface area contributed by atoms with Gasteiger partial charge in [0.1, 0.15) is 0 Å². The maximum Gasteiger partial charge on any atom is 0.00104 e. The van der Waals surface area contributed by atoms with E-state index in [1.165, 1.54) is 51.7 Å². The van der Waals surface area contributed by atoms with Crippen LogP contribution in [0, 0.1) is 0 Å². The van der Waals surface area contributed by atoms with Gasteiger partial charge in [-0.25, -0.2) is 0 Å². The zero-order chi connectivity index (χ0) is 10.8. The van der Waals surface area contributed by atoms with E-state index in [1.54, 1.807) is 0 Å². The van der Waals surface area contributed by atoms with E-state index in [9.17, 15) is 0 Å². The van der Waals surface area contributed by atoms with Gasteiger partial charge in [-0.1, -0.05) is 20.3 Å². The van der Waals surface area contributed by atoms with Crippen molar-refractivity contribution in [3.63, 3.8) is 0 Å². The molecule has 0 aromatic carbocycles. The van der Waals surface area contributed by atoms with Gasteiger partial charge < -0.3 is 10.6 Å². The van der Waals surface area contributed by atoms with Crippen LogP contribution in [-0.4, -0.2) is 30.6 Å². The van der Waals surface area contributed by atoms with Crippen molar-refractivity contribution in [2.75, 3.05) is 19.6 Å². The van der Waals surface area contributed by atoms with Crippen LogP contribution in [0.4, 0.5) is 0 Å². The Balaban J connectivity index is 3.40. The third-order valence-corrected chi connectivity index (χ3v) is 2.46. The highest BCUT2D eigenvalue weighted by Crippen LogP contribution is 2.02. The van der Waals surface area contributed by atoms with Gasteiger partial charge in [0, 0.05) is 6.04 Å². The van der Waals surface area contributed by atoms with Crippen molar-refractivity contribution >= 4 is 0 Å². The van der Waals surface area contributed by atoms with E-state index < -0.39 is 0 Å². The second-order valence-corrected chi connectivity index (χ2v) is 4.31. The minimum absolute atomic E-state index is 0.376. The van der Waals surface area contributed by atoms with Gasteiger partial charge in [0.2, 0.25) is 0 Å². The molecular formula is C12H28N2. The predicted octanol–water partition coefficient (Wildman–Crippen LogP) is 2.63. The Labute approximate surface area is 89.9 Å². The average molecular weight is 200 g/mol. The first-order valence-electron chi connectivity index (χ1n) is 6.18. The lowest BCUT2D eigenvalue weighted by atomic mass is 10.1. The van der Waals surface area contributed by atoms with Gasteiger partial charge >= 0.3 is 0 Å². The Morgan fingerprint density at radius 3 is 2.00 bits per heavy atom. The number of rotatable bonds is 9. The summed E-state index contributed by atoms with van der Waals surface area (Å²) in [6.07, 6.45) is 6.30. The lowest BCUT2D eigenvalue weighted by Gasteiger charge is -2.20. The Morgan fingerprint density at radius 2 is 1.57 bits per heavy atom. The molecule has 0 aliphatic rings. The molecule has 0 fully saturated rings. The van der Waals surface area contributed by atoms with E-state index in [2.05, 4.69) is 25.7 Å². The standard InChI is InChI=1S/C12H28N2/c1-4-9-14(10-5-2)11-7-6-8-12(3)13/h12H,4-11,13H2,1-3H3. The first-order chi connectivity index (χ1) is 6.70. The van der Waals surface area contributed by atoms with Crippen LogP contribution in [-0.2, 0) is 0 Å². The topological polar surface area (TPSA) is 29.3 Å². The van der Waals surface area contributed by atoms with E-state index in [1.807, 2.05) is 0 Å². The van der Waals surface area contributed by atoms with Crippen molar-refractivity contribution in [1.82, 2.24) is 4.90 Å². The molecule has 0 heterocycles. The van der Waals surface area contributed by atoms with E-state index in [0.717, 1.165) is 0 Å². The summed E-state index contributed by atoms with van der Waals surface area (Å²) in [7, 11) is 0. The van der Waals surface area contributed by atoms with Gasteiger partial charge in [-0.15, -0.1) is 0 Å². The molecule has 0 rings (SSSR count). The van der Waals surface area contributed by atoms with Gasteiger partial charge in [-0.3, -0.25) is 0 Å². The second-order valence-electron chi connectivity index (χ2n) is 4.31. The SMILES string of the molecule is CCCN(CCC)CCCCC(C)N. The third kappa shape index (κ3) is 8.52. The van der Waals surface area contributed by atoms with Crippen LogP contribution in [0.25, 0.3) is 0 Å². The predicted molar refractivity (Wildman–Crippen MR) is 64.5 cm³/mol. The molecule has 2 nitrogen and oxygen atoms in total. The molecular weight excluding hydrogens is 172 g/mol. The summed E-state index contributed by atoms with van der Waals surface area (Å²) in [5.41, 5.74) is 5.71. The Bertz CT molecular complexity index is 107. The van der Waals surface area contributed by atoms with Crippen LogP contribution in [0.2, 0.25) is 0 Å². The van der Waals surface area contributed by atoms with Crippen LogP contribution in [0.1, 0.15) is 52.9 Å². The van der Waals surface area contributed by atoms with Crippen LogP contribution >= 0.6 is 0 Å². The molecule has 0 bridgehead atoms. The highest BCUT2D eigenvalue weighted by molar-refractivity contribution is 4.58. The molecule has 0 aliphatic carbocycles. The molecule has 1 atom stereocenters. The number of nitrogens with two attached hydrogens (primary N) is 1. The summed E-state index contributed by atoms with van der Waals surface area (Å²) < 4.78 is 0. The van der Waals surface area contributed by atoms with E-state index in [0.29, 0.717) is 6.04 Å². The van der Waals surface area contributed by atoms with Crippen molar-refractivity contribution in [2.45, 2.75) is 58.9 Å². The zero-order valence-corrected chi connectivity index (χ0v) is 10.3. The quantitative estimate of drug-likeness (QED) is 0.580. The van der Waals surface area contributed by atoms with Crippen molar-refractivity contribution < 1.29 is 0 Å². The molecule has 0 saturated carbocycles. The van der Waals surface area contributed by atoms with Crippen molar-refractivity contribution in [3.05, 3.63) is 0 Å². The lowest BCUT2D eigenvalue weighted by molar-refractivity contribution is 0.267. The molecule has 2 N–H and O–H groups in total. The molecule has 0 aromatic heterocycles. The molecule has 0 aliphatic heterocycles. The number of hydrogen-bond donors (Lipinski definition) is 1. The molecule has 86 valence electrons. The Hall–Kier alpha value is -0.0800. The second kappa shape index (κ2) is 9.47. The monoisotopic (exact) mass is 200 g/mol. The molecule has 0 spiro atoms. The van der Waals surface area contributed by atoms with Crippen molar-refractivity contribution in [3.8, 4) is 0 Å². The molecule has 1 unspecified atom stereocenters. The molecule has 0 amide bonds. The van der Waals surface area contributed by atoms with Crippen LogP contribution in [0.15, 0.2) is 0 Å². The highest BCUT2D eigenvalue weighted by Gasteiger charge is 2.02. The van der Waals surface area contributed by atoms with Crippen molar-refractivity contribution in [2.24, 2.45) is 5.73 Å². The maximum atomic E-state index is 5.71. The third-order valence-electron chi connectivity index (χ3n) is 2.46. The summed E-state index contributed by atoms with van der Waals surface area (Å²) in [6.45, 7) is 10.4. The normalized spacial score (nSPS) is 13.5. The Kier molecular flexibility index (Phi) is 9.42. The first-order valence-corrected chi connectivity index (χ1v) is 6.18. The summed E-state index contributed by atoms with van der Waals surface area (Å²) >= 11 is 0. The van der Waals surface area contributed by atoms with E-state index >= 15 is 0 Å². The number of nitrogens with zero attached hydrogens (tertiary/aromatic N) is 1. The first kappa shape index (κ1) is 13.9. The summed E-state index contributed by atoms with van der Waals surface area (Å²) in [4.78, 5) is 2.57. The van der Waals surface area contributed by atoms with Crippen molar-refractivity contribution in [1.29, 1.82) is 0 Å². The van der Waals surface area contributed by atoms with E-state index in [4.69, 9.17) is 5.73 Å². The molecule has 14 heavy (non-hydrogen) atoms. The van der Waals surface area contributed by atoms with Crippen LogP contribution < -0.4 is 5.73 Å². The largest absolute Gasteiger partial charge is 0.328 e.